The summed E-state index contributed by atoms with van der Waals surface area (Å²) in [7, 11) is 0. The van der Waals surface area contributed by atoms with Gasteiger partial charge in [0.2, 0.25) is 5.91 Å². The van der Waals surface area contributed by atoms with Crippen LogP contribution in [0.15, 0.2) is 24.3 Å². The molecule has 1 amide bonds. The van der Waals surface area contributed by atoms with Gasteiger partial charge in [0.25, 0.3) is 6.43 Å². The highest BCUT2D eigenvalue weighted by molar-refractivity contribution is 5.73. The van der Waals surface area contributed by atoms with E-state index < -0.39 is 6.43 Å². The van der Waals surface area contributed by atoms with Gasteiger partial charge in [-0.15, -0.1) is 0 Å². The normalized spacial score (nSPS) is 16.7. The zero-order valence-corrected chi connectivity index (χ0v) is 11.6. The van der Waals surface area contributed by atoms with Gasteiger partial charge in [0, 0.05) is 38.2 Å². The van der Waals surface area contributed by atoms with Crippen LogP contribution in [-0.4, -0.2) is 29.9 Å². The molecule has 0 unspecified atom stereocenters. The number of nitrogens with zero attached hydrogens (tertiary/aromatic N) is 1. The molecule has 0 aliphatic carbocycles. The predicted molar refractivity (Wildman–Crippen MR) is 73.5 cm³/mol. The van der Waals surface area contributed by atoms with E-state index in [2.05, 4.69) is 5.32 Å². The largest absolute Gasteiger partial charge is 0.343 e. The van der Waals surface area contributed by atoms with E-state index in [1.165, 1.54) is 6.07 Å². The number of hydrogen-bond acceptors (Lipinski definition) is 2. The highest BCUT2D eigenvalue weighted by Gasteiger charge is 2.20. The van der Waals surface area contributed by atoms with Crippen molar-refractivity contribution in [1.82, 2.24) is 10.2 Å². The monoisotopic (exact) mass is 282 g/mol. The van der Waals surface area contributed by atoms with Gasteiger partial charge in [-0.2, -0.15) is 0 Å². The number of likely N-dealkylation sites (tertiary alicyclic amines) is 1. The van der Waals surface area contributed by atoms with Crippen molar-refractivity contribution in [3.05, 3.63) is 35.4 Å². The number of amides is 1. The smallest absolute Gasteiger partial charge is 0.263 e. The third-order valence-corrected chi connectivity index (χ3v) is 3.74. The second kappa shape index (κ2) is 6.79. The summed E-state index contributed by atoms with van der Waals surface area (Å²) in [5.41, 5.74) is 0.937. The van der Waals surface area contributed by atoms with Crippen molar-refractivity contribution >= 4 is 5.91 Å². The van der Waals surface area contributed by atoms with E-state index in [0.717, 1.165) is 31.5 Å². The molecule has 3 nitrogen and oxygen atoms in total. The molecule has 2 rings (SSSR count). The molecule has 0 bridgehead atoms. The Hall–Kier alpha value is -1.49. The van der Waals surface area contributed by atoms with Crippen LogP contribution >= 0.6 is 0 Å². The van der Waals surface area contributed by atoms with Crippen LogP contribution in [0, 0.1) is 0 Å². The summed E-state index contributed by atoms with van der Waals surface area (Å²) in [5, 5.41) is 3.38. The molecule has 0 spiro atoms. The van der Waals surface area contributed by atoms with E-state index >= 15 is 0 Å². The van der Waals surface area contributed by atoms with Crippen LogP contribution in [0.25, 0.3) is 0 Å². The summed E-state index contributed by atoms with van der Waals surface area (Å²) in [6.07, 6.45) is -0.601. The third-order valence-electron chi connectivity index (χ3n) is 3.74. The second-order valence-corrected chi connectivity index (χ2v) is 5.21. The molecule has 20 heavy (non-hydrogen) atoms. The maximum absolute atomic E-state index is 12.6. The fourth-order valence-electron chi connectivity index (χ4n) is 2.50. The van der Waals surface area contributed by atoms with Crippen LogP contribution in [0.4, 0.5) is 8.78 Å². The third kappa shape index (κ3) is 4.00. The van der Waals surface area contributed by atoms with Crippen molar-refractivity contribution in [2.24, 2.45) is 0 Å². The molecule has 5 heteroatoms. The first-order valence-corrected chi connectivity index (χ1v) is 6.92. The molecule has 1 aliphatic rings. The quantitative estimate of drug-likeness (QED) is 0.921. The SMILES string of the molecule is CC(=O)N1CCC(NCc2cccc(C(F)F)c2)CC1. The Kier molecular flexibility index (Phi) is 5.06. The van der Waals surface area contributed by atoms with E-state index in [-0.39, 0.29) is 11.5 Å². The average molecular weight is 282 g/mol. The predicted octanol–water partition coefficient (Wildman–Crippen LogP) is 2.72. The molecular formula is C15H20F2N2O. The first-order chi connectivity index (χ1) is 9.56. The van der Waals surface area contributed by atoms with Crippen LogP contribution in [0.1, 0.15) is 37.3 Å². The van der Waals surface area contributed by atoms with E-state index in [4.69, 9.17) is 0 Å². The fraction of sp³-hybridized carbons (Fsp3) is 0.533. The zero-order chi connectivity index (χ0) is 14.5. The molecule has 1 N–H and O–H groups in total. The molecule has 1 aromatic rings. The highest BCUT2D eigenvalue weighted by atomic mass is 19.3. The van der Waals surface area contributed by atoms with Gasteiger partial charge in [-0.05, 0) is 24.5 Å². The lowest BCUT2D eigenvalue weighted by Gasteiger charge is -2.31. The van der Waals surface area contributed by atoms with Crippen molar-refractivity contribution < 1.29 is 13.6 Å². The van der Waals surface area contributed by atoms with Crippen LogP contribution in [0.2, 0.25) is 0 Å². The van der Waals surface area contributed by atoms with Crippen LogP contribution in [0.3, 0.4) is 0 Å². The minimum atomic E-state index is -2.42. The number of halogens is 2. The molecular weight excluding hydrogens is 262 g/mol. The summed E-state index contributed by atoms with van der Waals surface area (Å²) in [6.45, 7) is 3.71. The van der Waals surface area contributed by atoms with E-state index in [0.29, 0.717) is 12.6 Å². The summed E-state index contributed by atoms with van der Waals surface area (Å²) in [4.78, 5) is 13.1. The van der Waals surface area contributed by atoms with E-state index in [1.807, 2.05) is 11.0 Å². The topological polar surface area (TPSA) is 32.3 Å². The number of hydrogen-bond donors (Lipinski definition) is 1. The van der Waals surface area contributed by atoms with Crippen LogP contribution in [0.5, 0.6) is 0 Å². The standard InChI is InChI=1S/C15H20F2N2O/c1-11(20)19-7-5-14(6-8-19)18-10-12-3-2-4-13(9-12)15(16)17/h2-4,9,14-15,18H,5-8,10H2,1H3. The molecule has 1 heterocycles. The number of carbonyl (C=O) groups excluding carboxylic acids is 1. The number of piperidine rings is 1. The van der Waals surface area contributed by atoms with Crippen LogP contribution in [-0.2, 0) is 11.3 Å². The number of alkyl halides is 2. The Morgan fingerprint density at radius 1 is 1.40 bits per heavy atom. The van der Waals surface area contributed by atoms with Crippen molar-refractivity contribution in [3.63, 3.8) is 0 Å². The first kappa shape index (κ1) is 14.9. The Morgan fingerprint density at radius 2 is 2.10 bits per heavy atom. The molecule has 0 radical (unpaired) electrons. The molecule has 110 valence electrons. The molecule has 1 fully saturated rings. The molecule has 1 aliphatic heterocycles. The molecule has 0 saturated carbocycles. The maximum atomic E-state index is 12.6. The lowest BCUT2D eigenvalue weighted by atomic mass is 10.0. The Labute approximate surface area is 118 Å². The van der Waals surface area contributed by atoms with E-state index in [9.17, 15) is 13.6 Å². The summed E-state index contributed by atoms with van der Waals surface area (Å²) in [6, 6.07) is 6.85. The van der Waals surface area contributed by atoms with Gasteiger partial charge in [0.1, 0.15) is 0 Å². The number of nitrogens with one attached hydrogen (secondary N) is 1. The fourth-order valence-corrected chi connectivity index (χ4v) is 2.50. The Bertz CT molecular complexity index is 457. The minimum Gasteiger partial charge on any atom is -0.343 e. The van der Waals surface area contributed by atoms with E-state index in [1.54, 1.807) is 19.1 Å². The molecule has 1 saturated heterocycles. The molecule has 1 aromatic carbocycles. The molecule has 0 aromatic heterocycles. The first-order valence-electron chi connectivity index (χ1n) is 6.92. The summed E-state index contributed by atoms with van der Waals surface area (Å²) in [5.74, 6) is 0.119. The number of carbonyl (C=O) groups is 1. The van der Waals surface area contributed by atoms with Crippen molar-refractivity contribution in [2.75, 3.05) is 13.1 Å². The van der Waals surface area contributed by atoms with Gasteiger partial charge >= 0.3 is 0 Å². The van der Waals surface area contributed by atoms with Gasteiger partial charge < -0.3 is 10.2 Å². The Balaban J connectivity index is 1.81. The van der Waals surface area contributed by atoms with Crippen molar-refractivity contribution in [3.8, 4) is 0 Å². The second-order valence-electron chi connectivity index (χ2n) is 5.21. The van der Waals surface area contributed by atoms with Gasteiger partial charge in [-0.3, -0.25) is 4.79 Å². The van der Waals surface area contributed by atoms with Gasteiger partial charge in [0.15, 0.2) is 0 Å². The Morgan fingerprint density at radius 3 is 2.70 bits per heavy atom. The maximum Gasteiger partial charge on any atom is 0.263 e. The lowest BCUT2D eigenvalue weighted by molar-refractivity contribution is -0.129. The van der Waals surface area contributed by atoms with Gasteiger partial charge in [0.05, 0.1) is 0 Å². The van der Waals surface area contributed by atoms with Gasteiger partial charge in [-0.1, -0.05) is 18.2 Å². The molecule has 0 atom stereocenters. The number of benzene rings is 1. The van der Waals surface area contributed by atoms with Crippen molar-refractivity contribution in [1.29, 1.82) is 0 Å². The van der Waals surface area contributed by atoms with Crippen molar-refractivity contribution in [2.45, 2.75) is 38.8 Å². The van der Waals surface area contributed by atoms with Crippen LogP contribution < -0.4 is 5.32 Å². The number of rotatable bonds is 4. The van der Waals surface area contributed by atoms with Gasteiger partial charge in [-0.25, -0.2) is 8.78 Å². The summed E-state index contributed by atoms with van der Waals surface area (Å²) < 4.78 is 25.2. The minimum absolute atomic E-state index is 0.0655. The average Bonchev–Trinajstić information content (AvgIpc) is 2.46. The summed E-state index contributed by atoms with van der Waals surface area (Å²) >= 11 is 0. The lowest BCUT2D eigenvalue weighted by Crippen LogP contribution is -2.43. The zero-order valence-electron chi connectivity index (χ0n) is 11.6. The highest BCUT2D eigenvalue weighted by Crippen LogP contribution is 2.19.